The van der Waals surface area contributed by atoms with Gasteiger partial charge in [-0.3, -0.25) is 0 Å². The Morgan fingerprint density at radius 3 is 1.61 bits per heavy atom. The maximum absolute atomic E-state index is 2.46. The molecule has 0 atom stereocenters. The predicted octanol–water partition coefficient (Wildman–Crippen LogP) is 5.72. The van der Waals surface area contributed by atoms with Crippen molar-refractivity contribution in [2.45, 2.75) is 20.8 Å². The van der Waals surface area contributed by atoms with Gasteiger partial charge in [0.1, 0.15) is 0 Å². The van der Waals surface area contributed by atoms with Crippen LogP contribution < -0.4 is 0 Å². The van der Waals surface area contributed by atoms with E-state index >= 15 is 0 Å². The van der Waals surface area contributed by atoms with Crippen molar-refractivity contribution < 1.29 is 0 Å². The van der Waals surface area contributed by atoms with Gasteiger partial charge in [0.2, 0.25) is 0 Å². The number of alkyl halides is 1. The van der Waals surface area contributed by atoms with Gasteiger partial charge in [-0.2, -0.15) is 0 Å². The van der Waals surface area contributed by atoms with Crippen LogP contribution in [0.1, 0.15) is 6.42 Å². The average molecular weight is 386 g/mol. The second kappa shape index (κ2) is 8.12. The minimum absolute atomic E-state index is 0.590. The van der Waals surface area contributed by atoms with Crippen molar-refractivity contribution in [1.29, 1.82) is 0 Å². The molecular formula is C15H15IS2. The minimum Gasteiger partial charge on any atom is -0.111 e. The molecule has 0 spiro atoms. The van der Waals surface area contributed by atoms with Gasteiger partial charge in [-0.05, 0) is 30.7 Å². The van der Waals surface area contributed by atoms with Crippen molar-refractivity contribution in [2.24, 2.45) is 0 Å². The number of benzene rings is 2. The zero-order valence-corrected chi connectivity index (χ0v) is 13.8. The van der Waals surface area contributed by atoms with Gasteiger partial charge in [-0.25, -0.2) is 0 Å². The molecule has 0 N–H and O–H groups in total. The quantitative estimate of drug-likeness (QED) is 0.269. The SMILES string of the molecule is ICCC(Sc1ccccc1)Sc1ccccc1. The summed E-state index contributed by atoms with van der Waals surface area (Å²) in [5, 5.41) is 0. The molecule has 2 aromatic rings. The van der Waals surface area contributed by atoms with Crippen molar-refractivity contribution in [2.75, 3.05) is 4.43 Å². The third-order valence-electron chi connectivity index (χ3n) is 2.37. The number of hydrogen-bond donors (Lipinski definition) is 0. The maximum Gasteiger partial charge on any atom is 0.0604 e. The molecule has 0 radical (unpaired) electrons. The lowest BCUT2D eigenvalue weighted by Gasteiger charge is -2.15. The van der Waals surface area contributed by atoms with Gasteiger partial charge in [0, 0.05) is 14.2 Å². The van der Waals surface area contributed by atoms with Crippen LogP contribution in [0.2, 0.25) is 0 Å². The Morgan fingerprint density at radius 2 is 1.22 bits per heavy atom. The molecule has 0 heterocycles. The van der Waals surface area contributed by atoms with Crippen molar-refractivity contribution in [3.8, 4) is 0 Å². The minimum atomic E-state index is 0.590. The van der Waals surface area contributed by atoms with Gasteiger partial charge < -0.3 is 0 Å². The summed E-state index contributed by atoms with van der Waals surface area (Å²) in [6.45, 7) is 0. The summed E-state index contributed by atoms with van der Waals surface area (Å²) >= 11 is 6.39. The van der Waals surface area contributed by atoms with E-state index in [4.69, 9.17) is 0 Å². The van der Waals surface area contributed by atoms with Crippen LogP contribution in [0.25, 0.3) is 0 Å². The summed E-state index contributed by atoms with van der Waals surface area (Å²) in [4.78, 5) is 2.71. The summed E-state index contributed by atoms with van der Waals surface area (Å²) in [5.74, 6) is 0. The van der Waals surface area contributed by atoms with Crippen molar-refractivity contribution in [3.05, 3.63) is 60.7 Å². The third-order valence-corrected chi connectivity index (χ3v) is 5.65. The first-order chi connectivity index (χ1) is 8.88. The van der Waals surface area contributed by atoms with Gasteiger partial charge in [-0.1, -0.05) is 59.0 Å². The molecular weight excluding hydrogens is 371 g/mol. The smallest absolute Gasteiger partial charge is 0.0604 e. The molecule has 0 aromatic heterocycles. The number of rotatable bonds is 6. The van der Waals surface area contributed by atoms with Gasteiger partial charge in [0.05, 0.1) is 4.58 Å². The molecule has 0 aliphatic heterocycles. The first kappa shape index (κ1) is 14.3. The number of halogens is 1. The van der Waals surface area contributed by atoms with E-state index < -0.39 is 0 Å². The molecule has 0 amide bonds. The Balaban J connectivity index is 2.00. The van der Waals surface area contributed by atoms with Crippen LogP contribution in [0, 0.1) is 0 Å². The largest absolute Gasteiger partial charge is 0.111 e. The molecule has 0 saturated heterocycles. The van der Waals surface area contributed by atoms with Crippen LogP contribution >= 0.6 is 46.1 Å². The summed E-state index contributed by atoms with van der Waals surface area (Å²) in [6.07, 6.45) is 1.22. The van der Waals surface area contributed by atoms with Gasteiger partial charge in [0.15, 0.2) is 0 Å². The lowest BCUT2D eigenvalue weighted by Crippen LogP contribution is -1.97. The highest BCUT2D eigenvalue weighted by Crippen LogP contribution is 2.37. The Labute approximate surface area is 131 Å². The van der Waals surface area contributed by atoms with E-state index in [9.17, 15) is 0 Å². The second-order valence-corrected chi connectivity index (χ2v) is 7.70. The normalized spacial score (nSPS) is 10.8. The second-order valence-electron chi connectivity index (χ2n) is 3.77. The fraction of sp³-hybridized carbons (Fsp3) is 0.200. The first-order valence-corrected chi connectivity index (χ1v) is 9.16. The van der Waals surface area contributed by atoms with E-state index in [0.717, 1.165) is 0 Å². The summed E-state index contributed by atoms with van der Waals surface area (Å²) in [5.41, 5.74) is 0. The molecule has 18 heavy (non-hydrogen) atoms. The van der Waals surface area contributed by atoms with E-state index in [0.29, 0.717) is 4.58 Å². The van der Waals surface area contributed by atoms with Crippen LogP contribution in [0.4, 0.5) is 0 Å². The van der Waals surface area contributed by atoms with Crippen molar-refractivity contribution in [1.82, 2.24) is 0 Å². The number of thioether (sulfide) groups is 2. The van der Waals surface area contributed by atoms with Crippen molar-refractivity contribution >= 4 is 46.1 Å². The topological polar surface area (TPSA) is 0 Å². The maximum atomic E-state index is 2.46. The van der Waals surface area contributed by atoms with E-state index in [1.54, 1.807) is 0 Å². The lowest BCUT2D eigenvalue weighted by molar-refractivity contribution is 1.09. The standard InChI is InChI=1S/C15H15IS2/c16-12-11-15(17-13-7-3-1-4-8-13)18-14-9-5-2-6-10-14/h1-10,15H,11-12H2. The van der Waals surface area contributed by atoms with Gasteiger partial charge in [-0.15, -0.1) is 23.5 Å². The van der Waals surface area contributed by atoms with Crippen LogP contribution in [0.3, 0.4) is 0 Å². The van der Waals surface area contributed by atoms with Crippen LogP contribution in [-0.2, 0) is 0 Å². The summed E-state index contributed by atoms with van der Waals surface area (Å²) in [7, 11) is 0. The molecule has 2 aromatic carbocycles. The summed E-state index contributed by atoms with van der Waals surface area (Å²) in [6, 6.07) is 21.3. The van der Waals surface area contributed by atoms with Gasteiger partial charge in [0.25, 0.3) is 0 Å². The molecule has 0 nitrogen and oxygen atoms in total. The zero-order valence-electron chi connectivity index (χ0n) is 9.96. The molecule has 0 bridgehead atoms. The monoisotopic (exact) mass is 386 g/mol. The fourth-order valence-corrected chi connectivity index (χ4v) is 5.57. The van der Waals surface area contributed by atoms with Gasteiger partial charge >= 0.3 is 0 Å². The Bertz CT molecular complexity index is 403. The third kappa shape index (κ3) is 4.86. The first-order valence-electron chi connectivity index (χ1n) is 5.88. The molecule has 0 saturated carbocycles. The average Bonchev–Trinajstić information content (AvgIpc) is 2.41. The number of hydrogen-bond acceptors (Lipinski definition) is 2. The Kier molecular flexibility index (Phi) is 6.45. The van der Waals surface area contributed by atoms with Crippen LogP contribution in [-0.4, -0.2) is 9.01 Å². The molecule has 2 rings (SSSR count). The Hall–Kier alpha value is -0.130. The molecule has 94 valence electrons. The lowest BCUT2D eigenvalue weighted by atomic mass is 10.4. The highest BCUT2D eigenvalue weighted by atomic mass is 127. The van der Waals surface area contributed by atoms with E-state index in [1.807, 2.05) is 23.5 Å². The van der Waals surface area contributed by atoms with E-state index in [2.05, 4.69) is 83.3 Å². The molecule has 0 unspecified atom stereocenters. The van der Waals surface area contributed by atoms with Crippen LogP contribution in [0.15, 0.2) is 70.5 Å². The van der Waals surface area contributed by atoms with Crippen molar-refractivity contribution in [3.63, 3.8) is 0 Å². The zero-order chi connectivity index (χ0) is 12.6. The highest BCUT2D eigenvalue weighted by molar-refractivity contribution is 14.1. The molecule has 0 fully saturated rings. The van der Waals surface area contributed by atoms with E-state index in [1.165, 1.54) is 20.6 Å². The predicted molar refractivity (Wildman–Crippen MR) is 91.9 cm³/mol. The molecule has 0 aliphatic carbocycles. The summed E-state index contributed by atoms with van der Waals surface area (Å²) < 4.78 is 1.79. The fourth-order valence-electron chi connectivity index (χ4n) is 1.53. The molecule has 0 aliphatic rings. The highest BCUT2D eigenvalue weighted by Gasteiger charge is 2.11. The Morgan fingerprint density at radius 1 is 0.778 bits per heavy atom. The molecule has 3 heteroatoms. The van der Waals surface area contributed by atoms with E-state index in [-0.39, 0.29) is 0 Å². The van der Waals surface area contributed by atoms with Crippen LogP contribution in [0.5, 0.6) is 0 Å².